The molecule has 5 aromatic carbocycles. The molecular weight excluding hydrogens is 651 g/mol. The lowest BCUT2D eigenvalue weighted by molar-refractivity contribution is -0.122. The Morgan fingerprint density at radius 2 is 1.08 bits per heavy atom. The van der Waals surface area contributed by atoms with Gasteiger partial charge in [-0.2, -0.15) is 0 Å². The van der Waals surface area contributed by atoms with Crippen molar-refractivity contribution in [3.8, 4) is 0 Å². The Morgan fingerprint density at radius 3 is 1.54 bits per heavy atom. The summed E-state index contributed by atoms with van der Waals surface area (Å²) in [6, 6.07) is 47.9. The van der Waals surface area contributed by atoms with E-state index in [4.69, 9.17) is 9.47 Å². The van der Waals surface area contributed by atoms with Gasteiger partial charge in [0, 0.05) is 19.5 Å². The number of hydrogen-bond donors (Lipinski definition) is 2. The predicted octanol–water partition coefficient (Wildman–Crippen LogP) is 8.26. The number of hydrogen-bond acceptors (Lipinski definition) is 5. The van der Waals surface area contributed by atoms with Crippen LogP contribution in [-0.2, 0) is 32.8 Å². The van der Waals surface area contributed by atoms with E-state index < -0.39 is 29.4 Å². The second-order valence-electron chi connectivity index (χ2n) is 13.7. The van der Waals surface area contributed by atoms with Crippen LogP contribution in [0.1, 0.15) is 55.0 Å². The third-order valence-corrected chi connectivity index (χ3v) is 8.52. The average molecular weight is 698 g/mol. The van der Waals surface area contributed by atoms with Gasteiger partial charge in [0.25, 0.3) is 0 Å². The zero-order valence-corrected chi connectivity index (χ0v) is 30.0. The summed E-state index contributed by atoms with van der Waals surface area (Å²) in [7, 11) is 0. The summed E-state index contributed by atoms with van der Waals surface area (Å²) in [5, 5.41) is 6.27. The lowest BCUT2D eigenvalue weighted by Crippen LogP contribution is -2.52. The molecule has 268 valence electrons. The molecule has 0 saturated heterocycles. The van der Waals surface area contributed by atoms with Crippen LogP contribution in [0.5, 0.6) is 0 Å². The van der Waals surface area contributed by atoms with Crippen LogP contribution in [0.25, 0.3) is 0 Å². The number of alkyl carbamates (subject to hydrolysis) is 1. The molecule has 0 aliphatic heterocycles. The number of amides is 3. The van der Waals surface area contributed by atoms with Crippen LogP contribution in [0, 0.1) is 0 Å². The van der Waals surface area contributed by atoms with E-state index in [0.717, 1.165) is 27.8 Å². The number of nitrogens with one attached hydrogen (secondary N) is 2. The molecule has 0 bridgehead atoms. The van der Waals surface area contributed by atoms with Crippen molar-refractivity contribution in [1.82, 2.24) is 15.5 Å². The van der Waals surface area contributed by atoms with E-state index in [2.05, 4.69) is 10.6 Å². The molecule has 52 heavy (non-hydrogen) atoms. The van der Waals surface area contributed by atoms with Gasteiger partial charge < -0.3 is 25.0 Å². The van der Waals surface area contributed by atoms with Crippen molar-refractivity contribution in [2.45, 2.75) is 57.4 Å². The first-order valence-corrected chi connectivity index (χ1v) is 17.6. The number of benzene rings is 5. The molecule has 0 aliphatic carbocycles. The minimum Gasteiger partial charge on any atom is -0.445 e. The van der Waals surface area contributed by atoms with Crippen LogP contribution < -0.4 is 10.6 Å². The fourth-order valence-corrected chi connectivity index (χ4v) is 6.14. The fourth-order valence-electron chi connectivity index (χ4n) is 6.14. The second kappa shape index (κ2) is 17.9. The van der Waals surface area contributed by atoms with E-state index >= 15 is 0 Å². The molecular formula is C44H47N3O5. The summed E-state index contributed by atoms with van der Waals surface area (Å²) in [4.78, 5) is 43.0. The second-order valence-corrected chi connectivity index (χ2v) is 13.7. The number of carbonyl (C=O) groups is 3. The van der Waals surface area contributed by atoms with Crippen LogP contribution in [-0.4, -0.2) is 47.7 Å². The highest BCUT2D eigenvalue weighted by Gasteiger charge is 2.38. The van der Waals surface area contributed by atoms with E-state index in [1.165, 1.54) is 0 Å². The zero-order valence-electron chi connectivity index (χ0n) is 30.0. The van der Waals surface area contributed by atoms with Crippen LogP contribution in [0.4, 0.5) is 9.59 Å². The quantitative estimate of drug-likeness (QED) is 0.114. The van der Waals surface area contributed by atoms with Crippen molar-refractivity contribution in [1.29, 1.82) is 0 Å². The van der Waals surface area contributed by atoms with Crippen molar-refractivity contribution < 1.29 is 23.9 Å². The van der Waals surface area contributed by atoms with Crippen molar-refractivity contribution in [2.24, 2.45) is 0 Å². The highest BCUT2D eigenvalue weighted by molar-refractivity contribution is 5.81. The summed E-state index contributed by atoms with van der Waals surface area (Å²) in [6.07, 6.45) is -0.845. The van der Waals surface area contributed by atoms with Gasteiger partial charge in [-0.15, -0.1) is 0 Å². The van der Waals surface area contributed by atoms with Crippen molar-refractivity contribution in [3.05, 3.63) is 179 Å². The summed E-state index contributed by atoms with van der Waals surface area (Å²) in [5.74, 6) is -0.335. The van der Waals surface area contributed by atoms with E-state index in [1.807, 2.05) is 152 Å². The maximum absolute atomic E-state index is 14.5. The molecule has 2 N–H and O–H groups in total. The molecule has 0 unspecified atom stereocenters. The third-order valence-electron chi connectivity index (χ3n) is 8.52. The van der Waals surface area contributed by atoms with Gasteiger partial charge in [-0.25, -0.2) is 9.59 Å². The van der Waals surface area contributed by atoms with Gasteiger partial charge in [-0.05, 0) is 55.0 Å². The fraction of sp³-hybridized carbons (Fsp3) is 0.250. The minimum atomic E-state index is -1.06. The first-order valence-electron chi connectivity index (χ1n) is 17.6. The zero-order chi connectivity index (χ0) is 36.8. The van der Waals surface area contributed by atoms with Gasteiger partial charge in [0.2, 0.25) is 5.91 Å². The maximum atomic E-state index is 14.5. The first-order chi connectivity index (χ1) is 25.1. The Morgan fingerprint density at radius 1 is 0.635 bits per heavy atom. The SMILES string of the molecule is CC(C)(C)OC(=O)N[C@H](CC(=O)NC(c1ccccc1)(c1ccccc1)c1ccccc1)CN(CCc1ccccc1)C(=O)OCc1ccccc1. The molecule has 8 nitrogen and oxygen atoms in total. The molecule has 0 heterocycles. The topological polar surface area (TPSA) is 97.0 Å². The number of ether oxygens (including phenoxy) is 2. The van der Waals surface area contributed by atoms with E-state index in [-0.39, 0.29) is 25.5 Å². The molecule has 0 fully saturated rings. The summed E-state index contributed by atoms with van der Waals surface area (Å²) in [6.45, 7) is 5.70. The van der Waals surface area contributed by atoms with E-state index in [9.17, 15) is 14.4 Å². The Bertz CT molecular complexity index is 1750. The van der Waals surface area contributed by atoms with Crippen LogP contribution in [0.3, 0.4) is 0 Å². The van der Waals surface area contributed by atoms with Crippen molar-refractivity contribution >= 4 is 18.1 Å². The minimum absolute atomic E-state index is 0.00211. The number of carbonyl (C=O) groups excluding carboxylic acids is 3. The highest BCUT2D eigenvalue weighted by Crippen LogP contribution is 2.37. The molecule has 1 atom stereocenters. The Hall–Kier alpha value is -5.89. The molecule has 8 heteroatoms. The molecule has 0 saturated carbocycles. The predicted molar refractivity (Wildman–Crippen MR) is 203 cm³/mol. The Kier molecular flexibility index (Phi) is 12.8. The van der Waals surface area contributed by atoms with Gasteiger partial charge in [0.1, 0.15) is 17.7 Å². The summed E-state index contributed by atoms with van der Waals surface area (Å²) < 4.78 is 11.4. The van der Waals surface area contributed by atoms with E-state index in [1.54, 1.807) is 25.7 Å². The molecule has 5 rings (SSSR count). The maximum Gasteiger partial charge on any atom is 0.410 e. The highest BCUT2D eigenvalue weighted by atomic mass is 16.6. The Balaban J connectivity index is 1.46. The molecule has 0 aromatic heterocycles. The summed E-state index contributed by atoms with van der Waals surface area (Å²) in [5.41, 5.74) is 2.65. The number of rotatable bonds is 14. The molecule has 0 spiro atoms. The normalized spacial score (nSPS) is 11.9. The molecule has 0 radical (unpaired) electrons. The lowest BCUT2D eigenvalue weighted by atomic mass is 9.77. The van der Waals surface area contributed by atoms with Gasteiger partial charge in [-0.3, -0.25) is 4.79 Å². The standard InChI is InChI=1S/C44H47N3O5/c1-43(2,3)52-41(49)45-39(32-47(30-29-34-19-9-4-10-20-34)42(50)51-33-35-21-11-5-12-22-35)31-40(48)46-44(36-23-13-6-14-24-36,37-25-15-7-16-26-37)38-27-17-8-18-28-38/h4-28,39H,29-33H2,1-3H3,(H,45,49)(H,46,48)/t39-/m1/s1. The smallest absolute Gasteiger partial charge is 0.410 e. The van der Waals surface area contributed by atoms with Gasteiger partial charge in [-0.1, -0.05) is 152 Å². The molecule has 3 amide bonds. The first kappa shape index (κ1) is 37.4. The summed E-state index contributed by atoms with van der Waals surface area (Å²) >= 11 is 0. The average Bonchev–Trinajstić information content (AvgIpc) is 3.15. The largest absolute Gasteiger partial charge is 0.445 e. The van der Waals surface area contributed by atoms with Crippen LogP contribution in [0.15, 0.2) is 152 Å². The van der Waals surface area contributed by atoms with E-state index in [0.29, 0.717) is 13.0 Å². The molecule has 0 aliphatic rings. The van der Waals surface area contributed by atoms with Gasteiger partial charge >= 0.3 is 12.2 Å². The van der Waals surface area contributed by atoms with Gasteiger partial charge in [0.05, 0.1) is 6.04 Å². The van der Waals surface area contributed by atoms with Crippen molar-refractivity contribution in [2.75, 3.05) is 13.1 Å². The monoisotopic (exact) mass is 697 g/mol. The van der Waals surface area contributed by atoms with Crippen LogP contribution >= 0.6 is 0 Å². The van der Waals surface area contributed by atoms with Crippen molar-refractivity contribution in [3.63, 3.8) is 0 Å². The lowest BCUT2D eigenvalue weighted by Gasteiger charge is -2.37. The number of nitrogens with zero attached hydrogens (tertiary/aromatic N) is 1. The third kappa shape index (κ3) is 10.6. The molecule has 5 aromatic rings. The van der Waals surface area contributed by atoms with Crippen LogP contribution in [0.2, 0.25) is 0 Å². The van der Waals surface area contributed by atoms with Gasteiger partial charge in [0.15, 0.2) is 0 Å². The Labute approximate surface area is 306 Å².